The molecule has 0 atom stereocenters. The highest BCUT2D eigenvalue weighted by molar-refractivity contribution is 8.18. The van der Waals surface area contributed by atoms with Gasteiger partial charge in [-0.05, 0) is 61.5 Å². The van der Waals surface area contributed by atoms with Crippen LogP contribution in [-0.2, 0) is 0 Å². The fourth-order valence-electron chi connectivity index (χ4n) is 2.67. The van der Waals surface area contributed by atoms with Crippen LogP contribution in [0.25, 0.3) is 6.08 Å². The Balaban J connectivity index is 1.86. The van der Waals surface area contributed by atoms with Gasteiger partial charge >= 0.3 is 0 Å². The first-order chi connectivity index (χ1) is 12.2. The zero-order valence-corrected chi connectivity index (χ0v) is 15.2. The molecule has 2 aromatic rings. The molecule has 0 unspecified atom stereocenters. The number of carbonyl (C=O) groups excluding carboxylic acids is 1. The average Bonchev–Trinajstić information content (AvgIpc) is 2.97. The van der Waals surface area contributed by atoms with E-state index in [0.29, 0.717) is 5.84 Å². The molecule has 1 amide bonds. The maximum atomic E-state index is 11.8. The summed E-state index contributed by atoms with van der Waals surface area (Å²) in [5, 5.41) is 2.72. The van der Waals surface area contributed by atoms with E-state index in [9.17, 15) is 4.79 Å². The summed E-state index contributed by atoms with van der Waals surface area (Å²) in [5.74, 6) is 0.606. The molecule has 0 saturated carbocycles. The van der Waals surface area contributed by atoms with Crippen LogP contribution in [0, 0.1) is 0 Å². The minimum atomic E-state index is -0.0966. The van der Waals surface area contributed by atoms with E-state index in [1.54, 1.807) is 0 Å². The lowest BCUT2D eigenvalue weighted by Gasteiger charge is -2.20. The van der Waals surface area contributed by atoms with Crippen LogP contribution in [0.4, 0.5) is 16.2 Å². The van der Waals surface area contributed by atoms with Gasteiger partial charge in [0.05, 0.1) is 10.6 Å². The number of amides is 1. The van der Waals surface area contributed by atoms with Crippen molar-refractivity contribution in [3.63, 3.8) is 0 Å². The second-order valence-electron chi connectivity index (χ2n) is 5.58. The van der Waals surface area contributed by atoms with E-state index in [2.05, 4.69) is 53.3 Å². The fourth-order valence-corrected chi connectivity index (χ4v) is 3.40. The van der Waals surface area contributed by atoms with Gasteiger partial charge in [0.15, 0.2) is 0 Å². The largest absolute Gasteiger partial charge is 0.372 e. The van der Waals surface area contributed by atoms with Gasteiger partial charge in [0.1, 0.15) is 5.84 Å². The number of thioether (sulfide) groups is 1. The number of hydrogen-bond acceptors (Lipinski definition) is 4. The van der Waals surface area contributed by atoms with Gasteiger partial charge in [-0.1, -0.05) is 30.3 Å². The smallest absolute Gasteiger partial charge is 0.289 e. The second-order valence-corrected chi connectivity index (χ2v) is 6.60. The van der Waals surface area contributed by atoms with Crippen molar-refractivity contribution in [2.24, 2.45) is 4.99 Å². The SMILES string of the molecule is CCN(CC)c1ccc(/C=C2\SC(=O)NC2=Nc2ccccc2)cc1. The Bertz CT molecular complexity index is 793. The number of amidine groups is 1. The van der Waals surface area contributed by atoms with Gasteiger partial charge < -0.3 is 10.2 Å². The van der Waals surface area contributed by atoms with Crippen LogP contribution in [0.1, 0.15) is 19.4 Å². The number of anilines is 1. The zero-order chi connectivity index (χ0) is 17.6. The molecule has 1 aliphatic heterocycles. The fraction of sp³-hybridized carbons (Fsp3) is 0.200. The number of para-hydroxylation sites is 1. The maximum Gasteiger partial charge on any atom is 0.289 e. The van der Waals surface area contributed by atoms with Crippen molar-refractivity contribution >= 4 is 40.3 Å². The van der Waals surface area contributed by atoms with E-state index in [1.165, 1.54) is 17.4 Å². The molecule has 2 aromatic carbocycles. The quantitative estimate of drug-likeness (QED) is 0.819. The van der Waals surface area contributed by atoms with Crippen molar-refractivity contribution in [3.05, 3.63) is 65.1 Å². The van der Waals surface area contributed by atoms with E-state index >= 15 is 0 Å². The molecular formula is C20H21N3OS. The first-order valence-electron chi connectivity index (χ1n) is 8.39. The number of hydrogen-bond donors (Lipinski definition) is 1. The Morgan fingerprint density at radius 3 is 2.36 bits per heavy atom. The monoisotopic (exact) mass is 351 g/mol. The third-order valence-electron chi connectivity index (χ3n) is 3.97. The summed E-state index contributed by atoms with van der Waals surface area (Å²) in [6.07, 6.45) is 2.00. The van der Waals surface area contributed by atoms with Gasteiger partial charge in [-0.2, -0.15) is 0 Å². The third-order valence-corrected chi connectivity index (χ3v) is 4.79. The topological polar surface area (TPSA) is 44.7 Å². The molecular weight excluding hydrogens is 330 g/mol. The highest BCUT2D eigenvalue weighted by atomic mass is 32.2. The number of aliphatic imine (C=N–C) groups is 1. The molecule has 25 heavy (non-hydrogen) atoms. The number of benzene rings is 2. The summed E-state index contributed by atoms with van der Waals surface area (Å²) >= 11 is 1.18. The van der Waals surface area contributed by atoms with Crippen LogP contribution in [0.15, 0.2) is 64.5 Å². The van der Waals surface area contributed by atoms with Crippen molar-refractivity contribution < 1.29 is 4.79 Å². The lowest BCUT2D eigenvalue weighted by atomic mass is 10.1. The first kappa shape index (κ1) is 17.3. The molecule has 0 spiro atoms. The highest BCUT2D eigenvalue weighted by Gasteiger charge is 2.23. The molecule has 1 heterocycles. The van der Waals surface area contributed by atoms with Crippen LogP contribution in [0.2, 0.25) is 0 Å². The van der Waals surface area contributed by atoms with Gasteiger partial charge in [0.2, 0.25) is 0 Å². The Kier molecular flexibility index (Phi) is 5.56. The summed E-state index contributed by atoms with van der Waals surface area (Å²) in [7, 11) is 0. The van der Waals surface area contributed by atoms with Gasteiger partial charge in [-0.3, -0.25) is 4.79 Å². The first-order valence-corrected chi connectivity index (χ1v) is 9.21. The van der Waals surface area contributed by atoms with E-state index in [1.807, 2.05) is 36.4 Å². The molecule has 1 fully saturated rings. The summed E-state index contributed by atoms with van der Waals surface area (Å²) < 4.78 is 0. The standard InChI is InChI=1S/C20H21N3OS/c1-3-23(4-2)17-12-10-15(11-13-17)14-18-19(22-20(24)25-18)21-16-8-6-5-7-9-16/h5-14H,3-4H2,1-2H3,(H,21,22,24)/b18-14-. The molecule has 1 aliphatic rings. The summed E-state index contributed by atoms with van der Waals surface area (Å²) in [6.45, 7) is 6.27. The van der Waals surface area contributed by atoms with Crippen LogP contribution in [0.5, 0.6) is 0 Å². The molecule has 3 rings (SSSR count). The molecule has 1 N–H and O–H groups in total. The van der Waals surface area contributed by atoms with Crippen LogP contribution >= 0.6 is 11.8 Å². The van der Waals surface area contributed by atoms with Crippen molar-refractivity contribution in [1.29, 1.82) is 0 Å². The number of rotatable bonds is 5. The molecule has 0 radical (unpaired) electrons. The zero-order valence-electron chi connectivity index (χ0n) is 14.4. The van der Waals surface area contributed by atoms with Crippen LogP contribution in [0.3, 0.4) is 0 Å². The number of carbonyl (C=O) groups is 1. The molecule has 4 nitrogen and oxygen atoms in total. The van der Waals surface area contributed by atoms with Gasteiger partial charge in [-0.15, -0.1) is 0 Å². The average molecular weight is 351 g/mol. The summed E-state index contributed by atoms with van der Waals surface area (Å²) in [4.78, 5) is 19.5. The molecule has 5 heteroatoms. The highest BCUT2D eigenvalue weighted by Crippen LogP contribution is 2.29. The second kappa shape index (κ2) is 8.03. The van der Waals surface area contributed by atoms with E-state index in [4.69, 9.17) is 0 Å². The molecule has 128 valence electrons. The van der Waals surface area contributed by atoms with Crippen molar-refractivity contribution in [3.8, 4) is 0 Å². The minimum Gasteiger partial charge on any atom is -0.372 e. The van der Waals surface area contributed by atoms with Gasteiger partial charge in [0.25, 0.3) is 5.24 Å². The molecule has 0 aliphatic carbocycles. The third kappa shape index (κ3) is 4.31. The Morgan fingerprint density at radius 1 is 1.04 bits per heavy atom. The predicted octanol–water partition coefficient (Wildman–Crippen LogP) is 5.06. The molecule has 0 bridgehead atoms. The van der Waals surface area contributed by atoms with Crippen molar-refractivity contribution in [2.45, 2.75) is 13.8 Å². The van der Waals surface area contributed by atoms with Crippen LogP contribution < -0.4 is 10.2 Å². The summed E-state index contributed by atoms with van der Waals surface area (Å²) in [6, 6.07) is 18.0. The van der Waals surface area contributed by atoms with Crippen molar-refractivity contribution in [1.82, 2.24) is 5.32 Å². The lowest BCUT2D eigenvalue weighted by molar-refractivity contribution is 0.265. The normalized spacial score (nSPS) is 17.1. The molecule has 1 saturated heterocycles. The van der Waals surface area contributed by atoms with Crippen molar-refractivity contribution in [2.75, 3.05) is 18.0 Å². The Labute approximate surface area is 152 Å². The van der Waals surface area contributed by atoms with E-state index in [0.717, 1.165) is 29.2 Å². The number of nitrogens with zero attached hydrogens (tertiary/aromatic N) is 2. The maximum absolute atomic E-state index is 11.8. The van der Waals surface area contributed by atoms with Gasteiger partial charge in [-0.25, -0.2) is 4.99 Å². The predicted molar refractivity (Wildman–Crippen MR) is 108 cm³/mol. The van der Waals surface area contributed by atoms with Crippen LogP contribution in [-0.4, -0.2) is 24.2 Å². The van der Waals surface area contributed by atoms with Gasteiger partial charge in [0, 0.05) is 18.8 Å². The van der Waals surface area contributed by atoms with E-state index in [-0.39, 0.29) is 5.24 Å². The Hall–Kier alpha value is -2.53. The summed E-state index contributed by atoms with van der Waals surface area (Å²) in [5.41, 5.74) is 3.08. The lowest BCUT2D eigenvalue weighted by Crippen LogP contribution is -2.21. The number of nitrogens with one attached hydrogen (secondary N) is 1. The minimum absolute atomic E-state index is 0.0966. The Morgan fingerprint density at radius 2 is 1.72 bits per heavy atom. The van der Waals surface area contributed by atoms with E-state index < -0.39 is 0 Å². The molecule has 0 aromatic heterocycles.